The van der Waals surface area contributed by atoms with Crippen molar-refractivity contribution in [3.8, 4) is 0 Å². The van der Waals surface area contributed by atoms with Gasteiger partial charge in [0, 0.05) is 0 Å². The first kappa shape index (κ1) is 23.4. The van der Waals surface area contributed by atoms with Crippen LogP contribution >= 0.6 is 0 Å². The van der Waals surface area contributed by atoms with Crippen LogP contribution in [0.5, 0.6) is 0 Å². The smallest absolute Gasteiger partial charge is 0.373 e. The molecular weight excluding hydrogens is 373 g/mol. The fourth-order valence-electron chi connectivity index (χ4n) is 2.56. The van der Waals surface area contributed by atoms with E-state index in [4.69, 9.17) is 16.5 Å². The predicted octanol–water partition coefficient (Wildman–Crippen LogP) is 5.02. The van der Waals surface area contributed by atoms with E-state index < -0.39 is 42.3 Å². The molecule has 136 valence electrons. The van der Waals surface area contributed by atoms with E-state index in [9.17, 15) is 0 Å². The lowest BCUT2D eigenvalue weighted by molar-refractivity contribution is 0.309. The van der Waals surface area contributed by atoms with Gasteiger partial charge in [-0.2, -0.15) is 0 Å². The van der Waals surface area contributed by atoms with Crippen molar-refractivity contribution in [2.75, 3.05) is 0 Å². The van der Waals surface area contributed by atoms with Crippen molar-refractivity contribution in [3.63, 3.8) is 0 Å². The average Bonchev–Trinajstić information content (AvgIpc) is 2.19. The summed E-state index contributed by atoms with van der Waals surface area (Å²) in [5.41, 5.74) is 3.59. The molecule has 0 aliphatic heterocycles. The Hall–Kier alpha value is 0.404. The maximum absolute atomic E-state index is 6.45. The molecule has 0 radical (unpaired) electrons. The molecular formula is C14H36O4Si5. The third kappa shape index (κ3) is 10.1. The molecule has 0 N–H and O–H groups in total. The molecule has 0 atom stereocenters. The standard InChI is InChI=1S/C14H36O4Si5/c1-13-23(14-2,17-21(9,10)15-19(3,4)5)18-22(11,12)16-20(6,7)8/h13-14H,1-2H2,3-12H3. The first-order valence-electron chi connectivity index (χ1n) is 8.03. The van der Waals surface area contributed by atoms with Crippen LogP contribution in [0.3, 0.4) is 0 Å². The lowest BCUT2D eigenvalue weighted by Gasteiger charge is -2.41. The van der Waals surface area contributed by atoms with E-state index in [1.165, 1.54) is 0 Å². The summed E-state index contributed by atoms with van der Waals surface area (Å²) in [6, 6.07) is 0. The van der Waals surface area contributed by atoms with Crippen molar-refractivity contribution in [1.82, 2.24) is 0 Å². The van der Waals surface area contributed by atoms with Crippen molar-refractivity contribution in [2.45, 2.75) is 65.5 Å². The Kier molecular flexibility index (Phi) is 7.88. The molecule has 23 heavy (non-hydrogen) atoms. The summed E-state index contributed by atoms with van der Waals surface area (Å²) in [6.45, 7) is 29.2. The fourth-order valence-corrected chi connectivity index (χ4v) is 23.6. The van der Waals surface area contributed by atoms with Crippen LogP contribution in [-0.4, -0.2) is 42.3 Å². The van der Waals surface area contributed by atoms with Crippen LogP contribution in [-0.2, 0) is 16.5 Å². The summed E-state index contributed by atoms with van der Waals surface area (Å²) in [4.78, 5) is 0. The minimum Gasteiger partial charge on any atom is -0.437 e. The minimum absolute atomic E-state index is 1.69. The number of hydrogen-bond acceptors (Lipinski definition) is 4. The maximum atomic E-state index is 6.45. The molecule has 0 spiro atoms. The van der Waals surface area contributed by atoms with E-state index in [1.807, 2.05) is 0 Å². The van der Waals surface area contributed by atoms with E-state index >= 15 is 0 Å². The highest BCUT2D eigenvalue weighted by atomic mass is 28.5. The molecule has 0 aliphatic carbocycles. The number of rotatable bonds is 10. The molecule has 0 saturated heterocycles. The molecule has 0 fully saturated rings. The molecule has 0 saturated carbocycles. The monoisotopic (exact) mass is 408 g/mol. The maximum Gasteiger partial charge on any atom is 0.373 e. The van der Waals surface area contributed by atoms with Crippen LogP contribution in [0, 0.1) is 0 Å². The normalized spacial score (nSPS) is 14.7. The lowest BCUT2D eigenvalue weighted by atomic mass is 11.2. The Morgan fingerprint density at radius 3 is 0.957 bits per heavy atom. The molecule has 0 aromatic carbocycles. The molecule has 0 rings (SSSR count). The van der Waals surface area contributed by atoms with Gasteiger partial charge in [-0.1, -0.05) is 0 Å². The Morgan fingerprint density at radius 1 is 0.522 bits per heavy atom. The van der Waals surface area contributed by atoms with Gasteiger partial charge in [-0.25, -0.2) is 0 Å². The van der Waals surface area contributed by atoms with Gasteiger partial charge in [0.1, 0.15) is 0 Å². The zero-order chi connectivity index (χ0) is 18.7. The van der Waals surface area contributed by atoms with Crippen LogP contribution in [0.2, 0.25) is 65.5 Å². The highest BCUT2D eigenvalue weighted by Gasteiger charge is 2.47. The van der Waals surface area contributed by atoms with E-state index in [0.717, 1.165) is 0 Å². The Bertz CT molecular complexity index is 384. The second kappa shape index (κ2) is 7.75. The molecule has 0 amide bonds. The van der Waals surface area contributed by atoms with E-state index in [-0.39, 0.29) is 0 Å². The van der Waals surface area contributed by atoms with E-state index in [1.54, 1.807) is 11.4 Å². The van der Waals surface area contributed by atoms with Crippen LogP contribution in [0.1, 0.15) is 0 Å². The van der Waals surface area contributed by atoms with Gasteiger partial charge in [0.15, 0.2) is 16.6 Å². The summed E-state index contributed by atoms with van der Waals surface area (Å²) < 4.78 is 25.5. The van der Waals surface area contributed by atoms with Crippen molar-refractivity contribution in [3.05, 3.63) is 24.6 Å². The van der Waals surface area contributed by atoms with Crippen molar-refractivity contribution in [2.24, 2.45) is 0 Å². The second-order valence-electron chi connectivity index (χ2n) is 8.56. The third-order valence-corrected chi connectivity index (χ3v) is 18.9. The van der Waals surface area contributed by atoms with Gasteiger partial charge in [-0.05, 0) is 76.9 Å². The van der Waals surface area contributed by atoms with Crippen LogP contribution in [0.15, 0.2) is 24.6 Å². The average molecular weight is 409 g/mol. The molecule has 0 heterocycles. The molecule has 0 bridgehead atoms. The van der Waals surface area contributed by atoms with Gasteiger partial charge in [0.25, 0.3) is 0 Å². The van der Waals surface area contributed by atoms with Crippen LogP contribution in [0.25, 0.3) is 0 Å². The zero-order valence-corrected chi connectivity index (χ0v) is 21.7. The quantitative estimate of drug-likeness (QED) is 0.476. The van der Waals surface area contributed by atoms with Crippen molar-refractivity contribution in [1.29, 1.82) is 0 Å². The summed E-state index contributed by atoms with van der Waals surface area (Å²) in [5, 5.41) is 0. The largest absolute Gasteiger partial charge is 0.437 e. The van der Waals surface area contributed by atoms with Crippen molar-refractivity contribution >= 4 is 42.3 Å². The molecule has 0 aliphatic rings. The second-order valence-corrected chi connectivity index (χ2v) is 28.1. The van der Waals surface area contributed by atoms with Gasteiger partial charge < -0.3 is 16.5 Å². The third-order valence-electron chi connectivity index (χ3n) is 2.48. The Morgan fingerprint density at radius 2 is 0.783 bits per heavy atom. The fraction of sp³-hybridized carbons (Fsp3) is 0.714. The lowest BCUT2D eigenvalue weighted by Crippen LogP contribution is -2.59. The van der Waals surface area contributed by atoms with Gasteiger partial charge >= 0.3 is 25.7 Å². The number of hydrogen-bond donors (Lipinski definition) is 0. The predicted molar refractivity (Wildman–Crippen MR) is 112 cm³/mol. The SMILES string of the molecule is C=C[Si](C=C)(O[Si](C)(C)O[Si](C)(C)C)O[Si](C)(C)O[Si](C)(C)C. The van der Waals surface area contributed by atoms with Gasteiger partial charge in [-0.3, -0.25) is 0 Å². The Labute approximate surface area is 148 Å². The van der Waals surface area contributed by atoms with Gasteiger partial charge in [-0.15, -0.1) is 13.2 Å². The van der Waals surface area contributed by atoms with Crippen LogP contribution in [0.4, 0.5) is 0 Å². The van der Waals surface area contributed by atoms with E-state index in [0.29, 0.717) is 0 Å². The van der Waals surface area contributed by atoms with Crippen molar-refractivity contribution < 1.29 is 16.5 Å². The summed E-state index contributed by atoms with van der Waals surface area (Å²) in [6.07, 6.45) is 0. The van der Waals surface area contributed by atoms with Gasteiger partial charge in [0.2, 0.25) is 0 Å². The van der Waals surface area contributed by atoms with Gasteiger partial charge in [0.05, 0.1) is 0 Å². The first-order chi connectivity index (χ1) is 9.95. The molecule has 9 heteroatoms. The molecule has 0 aromatic rings. The zero-order valence-electron chi connectivity index (χ0n) is 16.7. The Balaban J connectivity index is 5.36. The molecule has 0 unspecified atom stereocenters. The summed E-state index contributed by atoms with van der Waals surface area (Å²) >= 11 is 0. The minimum atomic E-state index is -2.77. The highest BCUT2D eigenvalue weighted by molar-refractivity contribution is 6.94. The van der Waals surface area contributed by atoms with Crippen LogP contribution < -0.4 is 0 Å². The summed E-state index contributed by atoms with van der Waals surface area (Å²) in [7, 11) is -10.8. The van der Waals surface area contributed by atoms with E-state index in [2.05, 4.69) is 78.6 Å². The topological polar surface area (TPSA) is 36.9 Å². The molecule has 0 aromatic heterocycles. The highest BCUT2D eigenvalue weighted by Crippen LogP contribution is 2.27. The first-order valence-corrected chi connectivity index (χ1v) is 22.4. The molecule has 4 nitrogen and oxygen atoms in total. The summed E-state index contributed by atoms with van der Waals surface area (Å²) in [5.74, 6) is 0.